The van der Waals surface area contributed by atoms with Crippen molar-refractivity contribution in [1.82, 2.24) is 9.88 Å². The van der Waals surface area contributed by atoms with Crippen molar-refractivity contribution < 1.29 is 14.3 Å². The standard InChI is InChI=1S/C20H24N2O3/c1-15(22-10-4-5-11-22)19(23)21-17-14-20(8-12-24-13-9-20)25-18-7-3-2-6-16(17)18/h2-7,10-11,15,17H,8-9,12-14H2,1H3,(H,21,23). The zero-order valence-corrected chi connectivity index (χ0v) is 14.5. The maximum atomic E-state index is 12.8. The molecule has 0 saturated carbocycles. The number of para-hydroxylation sites is 1. The summed E-state index contributed by atoms with van der Waals surface area (Å²) in [6, 6.07) is 11.6. The number of carbonyl (C=O) groups excluding carboxylic acids is 1. The van der Waals surface area contributed by atoms with Gasteiger partial charge in [-0.2, -0.15) is 0 Å². The van der Waals surface area contributed by atoms with Crippen molar-refractivity contribution in [2.45, 2.75) is 43.9 Å². The number of benzene rings is 1. The van der Waals surface area contributed by atoms with E-state index in [0.29, 0.717) is 13.2 Å². The molecule has 0 bridgehead atoms. The quantitative estimate of drug-likeness (QED) is 0.933. The molecule has 2 aromatic rings. The van der Waals surface area contributed by atoms with Gasteiger partial charge in [-0.05, 0) is 25.1 Å². The summed E-state index contributed by atoms with van der Waals surface area (Å²) >= 11 is 0. The largest absolute Gasteiger partial charge is 0.487 e. The van der Waals surface area contributed by atoms with Gasteiger partial charge >= 0.3 is 0 Å². The van der Waals surface area contributed by atoms with E-state index in [0.717, 1.165) is 30.6 Å². The molecule has 0 aliphatic carbocycles. The molecule has 2 aliphatic heterocycles. The third kappa shape index (κ3) is 3.16. The number of nitrogens with one attached hydrogen (secondary N) is 1. The molecule has 2 atom stereocenters. The summed E-state index contributed by atoms with van der Waals surface area (Å²) in [4.78, 5) is 12.8. The molecular weight excluding hydrogens is 316 g/mol. The van der Waals surface area contributed by atoms with Crippen LogP contribution in [0.15, 0.2) is 48.8 Å². The van der Waals surface area contributed by atoms with E-state index < -0.39 is 0 Å². The molecule has 5 heteroatoms. The van der Waals surface area contributed by atoms with Gasteiger partial charge in [-0.1, -0.05) is 18.2 Å². The summed E-state index contributed by atoms with van der Waals surface area (Å²) in [6.45, 7) is 3.34. The Labute approximate surface area is 147 Å². The smallest absolute Gasteiger partial charge is 0.243 e. The van der Waals surface area contributed by atoms with Crippen LogP contribution in [0.5, 0.6) is 5.75 Å². The third-order valence-corrected chi connectivity index (χ3v) is 5.37. The van der Waals surface area contributed by atoms with Crippen molar-refractivity contribution >= 4 is 5.91 Å². The van der Waals surface area contributed by atoms with E-state index in [1.165, 1.54) is 0 Å². The Morgan fingerprint density at radius 2 is 1.92 bits per heavy atom. The molecule has 5 nitrogen and oxygen atoms in total. The van der Waals surface area contributed by atoms with Crippen LogP contribution in [0, 0.1) is 0 Å². The van der Waals surface area contributed by atoms with Gasteiger partial charge in [0, 0.05) is 37.2 Å². The minimum atomic E-state index is -0.240. The average molecular weight is 340 g/mol. The molecule has 25 heavy (non-hydrogen) atoms. The Morgan fingerprint density at radius 3 is 2.68 bits per heavy atom. The van der Waals surface area contributed by atoms with Crippen LogP contribution in [0.2, 0.25) is 0 Å². The summed E-state index contributed by atoms with van der Waals surface area (Å²) in [6.07, 6.45) is 6.35. The second kappa shape index (κ2) is 6.56. The number of rotatable bonds is 3. The number of hydrogen-bond donors (Lipinski definition) is 1. The van der Waals surface area contributed by atoms with E-state index >= 15 is 0 Å². The Hall–Kier alpha value is -2.27. The predicted molar refractivity (Wildman–Crippen MR) is 94.5 cm³/mol. The summed E-state index contributed by atoms with van der Waals surface area (Å²) in [7, 11) is 0. The highest BCUT2D eigenvalue weighted by Gasteiger charge is 2.42. The van der Waals surface area contributed by atoms with E-state index in [4.69, 9.17) is 9.47 Å². The first-order valence-electron chi connectivity index (χ1n) is 8.95. The van der Waals surface area contributed by atoms with Crippen LogP contribution in [-0.2, 0) is 9.53 Å². The SMILES string of the molecule is CC(C(=O)NC1CC2(CCOCC2)Oc2ccccc21)n1cccc1. The topological polar surface area (TPSA) is 52.5 Å². The van der Waals surface area contributed by atoms with Crippen molar-refractivity contribution in [1.29, 1.82) is 0 Å². The van der Waals surface area contributed by atoms with Gasteiger partial charge in [-0.3, -0.25) is 4.79 Å². The molecule has 2 unspecified atom stereocenters. The fraction of sp³-hybridized carbons (Fsp3) is 0.450. The highest BCUT2D eigenvalue weighted by atomic mass is 16.5. The molecule has 1 N–H and O–H groups in total. The normalized spacial score (nSPS) is 22.7. The molecule has 132 valence electrons. The molecular formula is C20H24N2O3. The van der Waals surface area contributed by atoms with Crippen LogP contribution in [0.3, 0.4) is 0 Å². The number of nitrogens with zero attached hydrogens (tertiary/aromatic N) is 1. The lowest BCUT2D eigenvalue weighted by Gasteiger charge is -2.44. The van der Waals surface area contributed by atoms with Gasteiger partial charge in [0.05, 0.1) is 19.3 Å². The molecule has 1 aromatic heterocycles. The summed E-state index contributed by atoms with van der Waals surface area (Å²) < 4.78 is 13.8. The Bertz CT molecular complexity index is 735. The first-order valence-corrected chi connectivity index (χ1v) is 8.95. The van der Waals surface area contributed by atoms with Crippen molar-refractivity contribution in [2.75, 3.05) is 13.2 Å². The highest BCUT2D eigenvalue weighted by molar-refractivity contribution is 5.80. The van der Waals surface area contributed by atoms with E-state index in [1.807, 2.05) is 60.3 Å². The third-order valence-electron chi connectivity index (χ3n) is 5.37. The zero-order valence-electron chi connectivity index (χ0n) is 14.5. The minimum Gasteiger partial charge on any atom is -0.487 e. The van der Waals surface area contributed by atoms with Gasteiger partial charge < -0.3 is 19.4 Å². The number of carbonyl (C=O) groups is 1. The molecule has 0 radical (unpaired) electrons. The monoisotopic (exact) mass is 340 g/mol. The lowest BCUT2D eigenvalue weighted by molar-refractivity contribution is -0.125. The Kier molecular flexibility index (Phi) is 4.25. The fourth-order valence-corrected chi connectivity index (χ4v) is 3.83. The predicted octanol–water partition coefficient (Wildman–Crippen LogP) is 3.24. The van der Waals surface area contributed by atoms with Crippen LogP contribution in [-0.4, -0.2) is 29.3 Å². The zero-order chi connectivity index (χ0) is 17.3. The van der Waals surface area contributed by atoms with Gasteiger partial charge in [-0.15, -0.1) is 0 Å². The number of ether oxygens (including phenoxy) is 2. The van der Waals surface area contributed by atoms with Gasteiger partial charge in [0.15, 0.2) is 0 Å². The Balaban J connectivity index is 1.58. The summed E-state index contributed by atoms with van der Waals surface area (Å²) in [5.41, 5.74) is 0.828. The van der Waals surface area contributed by atoms with Gasteiger partial charge in [0.2, 0.25) is 5.91 Å². The van der Waals surface area contributed by atoms with Crippen LogP contribution >= 0.6 is 0 Å². The summed E-state index contributed by atoms with van der Waals surface area (Å²) in [5, 5.41) is 3.25. The van der Waals surface area contributed by atoms with Crippen molar-refractivity contribution in [3.05, 3.63) is 54.4 Å². The van der Waals surface area contributed by atoms with Crippen molar-refractivity contribution in [3.63, 3.8) is 0 Å². The molecule has 4 rings (SSSR count). The second-order valence-corrected chi connectivity index (χ2v) is 7.01. The van der Waals surface area contributed by atoms with E-state index in [1.54, 1.807) is 0 Å². The van der Waals surface area contributed by atoms with Crippen molar-refractivity contribution in [2.24, 2.45) is 0 Å². The van der Waals surface area contributed by atoms with Crippen LogP contribution in [0.25, 0.3) is 0 Å². The van der Waals surface area contributed by atoms with Crippen LogP contribution < -0.4 is 10.1 Å². The first-order chi connectivity index (χ1) is 12.2. The molecule has 1 aromatic carbocycles. The van der Waals surface area contributed by atoms with E-state index in [2.05, 4.69) is 5.32 Å². The van der Waals surface area contributed by atoms with Gasteiger partial charge in [0.1, 0.15) is 17.4 Å². The molecule has 2 aliphatic rings. The highest BCUT2D eigenvalue weighted by Crippen LogP contribution is 2.44. The lowest BCUT2D eigenvalue weighted by atomic mass is 9.82. The van der Waals surface area contributed by atoms with Crippen LogP contribution in [0.1, 0.15) is 43.8 Å². The van der Waals surface area contributed by atoms with E-state index in [-0.39, 0.29) is 23.6 Å². The number of aromatic nitrogens is 1. The number of amides is 1. The minimum absolute atomic E-state index is 0.0279. The van der Waals surface area contributed by atoms with Crippen molar-refractivity contribution in [3.8, 4) is 5.75 Å². The van der Waals surface area contributed by atoms with Gasteiger partial charge in [0.25, 0.3) is 0 Å². The maximum Gasteiger partial charge on any atom is 0.243 e. The van der Waals surface area contributed by atoms with Crippen LogP contribution in [0.4, 0.5) is 0 Å². The fourth-order valence-electron chi connectivity index (χ4n) is 3.83. The second-order valence-electron chi connectivity index (χ2n) is 7.01. The average Bonchev–Trinajstić information content (AvgIpc) is 3.16. The Morgan fingerprint density at radius 1 is 1.20 bits per heavy atom. The first kappa shape index (κ1) is 16.2. The number of hydrogen-bond acceptors (Lipinski definition) is 3. The molecule has 1 spiro atoms. The lowest BCUT2D eigenvalue weighted by Crippen LogP contribution is -2.49. The summed E-state index contributed by atoms with van der Waals surface area (Å²) in [5.74, 6) is 0.912. The molecule has 1 fully saturated rings. The molecule has 3 heterocycles. The van der Waals surface area contributed by atoms with Gasteiger partial charge in [-0.25, -0.2) is 0 Å². The van der Waals surface area contributed by atoms with E-state index in [9.17, 15) is 4.79 Å². The molecule has 1 saturated heterocycles. The maximum absolute atomic E-state index is 12.8. The molecule has 1 amide bonds. The number of fused-ring (bicyclic) bond motifs is 1.